The highest BCUT2D eigenvalue weighted by molar-refractivity contribution is 6.14. The minimum Gasteiger partial charge on any atom is -0.495 e. The number of rotatable bonds is 4. The molecule has 0 spiro atoms. The third-order valence-corrected chi connectivity index (χ3v) is 3.87. The lowest BCUT2D eigenvalue weighted by atomic mass is 9.99. The number of ether oxygens (including phenoxy) is 1. The van der Waals surface area contributed by atoms with Gasteiger partial charge in [-0.25, -0.2) is 4.79 Å². The van der Waals surface area contributed by atoms with Gasteiger partial charge in [0.2, 0.25) is 5.78 Å². The zero-order chi connectivity index (χ0) is 21.3. The molecule has 0 atom stereocenters. The van der Waals surface area contributed by atoms with Crippen LogP contribution in [0.15, 0.2) is 36.5 Å². The Labute approximate surface area is 159 Å². The van der Waals surface area contributed by atoms with Gasteiger partial charge in [0.25, 0.3) is 0 Å². The third kappa shape index (κ3) is 4.24. The summed E-state index contributed by atoms with van der Waals surface area (Å²) in [6.07, 6.45) is -5.33. The maximum absolute atomic E-state index is 12.9. The second kappa shape index (κ2) is 7.49. The number of nitrogens with zero attached hydrogens (tertiary/aromatic N) is 2. The van der Waals surface area contributed by atoms with Crippen molar-refractivity contribution in [2.24, 2.45) is 0 Å². The molecule has 0 saturated heterocycles. The van der Waals surface area contributed by atoms with Gasteiger partial charge in [0.05, 0.1) is 18.2 Å². The van der Waals surface area contributed by atoms with E-state index in [1.54, 1.807) is 20.8 Å². The van der Waals surface area contributed by atoms with Crippen molar-refractivity contribution in [3.8, 4) is 5.75 Å². The van der Waals surface area contributed by atoms with Crippen molar-refractivity contribution in [2.75, 3.05) is 12.0 Å². The Hall–Kier alpha value is -3.10. The summed E-state index contributed by atoms with van der Waals surface area (Å²) >= 11 is 0. The Bertz CT molecular complexity index is 888. The fourth-order valence-corrected chi connectivity index (χ4v) is 2.65. The summed E-state index contributed by atoms with van der Waals surface area (Å²) in [4.78, 5) is 29.4. The van der Waals surface area contributed by atoms with E-state index in [-0.39, 0.29) is 22.7 Å². The zero-order valence-electron chi connectivity index (χ0n) is 15.7. The quantitative estimate of drug-likeness (QED) is 0.763. The molecule has 0 bridgehead atoms. The Morgan fingerprint density at radius 2 is 1.75 bits per heavy atom. The van der Waals surface area contributed by atoms with E-state index in [1.807, 2.05) is 0 Å². The molecular weight excluding hydrogens is 377 g/mol. The van der Waals surface area contributed by atoms with Crippen LogP contribution in [0, 0.1) is 0 Å². The predicted molar refractivity (Wildman–Crippen MR) is 95.9 cm³/mol. The van der Waals surface area contributed by atoms with E-state index in [2.05, 4.69) is 4.98 Å². The van der Waals surface area contributed by atoms with Gasteiger partial charge in [-0.1, -0.05) is 6.07 Å². The normalized spacial score (nSPS) is 11.8. The number of hydrogen-bond donors (Lipinski definition) is 1. The van der Waals surface area contributed by atoms with Crippen LogP contribution in [-0.2, 0) is 6.18 Å². The molecular formula is C19H19F3N2O4. The number of halogens is 3. The molecule has 0 fully saturated rings. The summed E-state index contributed by atoms with van der Waals surface area (Å²) in [5, 5.41) is 9.70. The van der Waals surface area contributed by atoms with Crippen LogP contribution >= 0.6 is 0 Å². The van der Waals surface area contributed by atoms with Crippen molar-refractivity contribution >= 4 is 17.6 Å². The Kier molecular flexibility index (Phi) is 5.67. The number of methoxy groups -OCH3 is 1. The first-order valence-electron chi connectivity index (χ1n) is 8.16. The molecule has 2 rings (SSSR count). The lowest BCUT2D eigenvalue weighted by Crippen LogP contribution is -2.46. The number of carbonyl (C=O) groups excluding carboxylic acids is 1. The van der Waals surface area contributed by atoms with Crippen molar-refractivity contribution in [3.63, 3.8) is 0 Å². The summed E-state index contributed by atoms with van der Waals surface area (Å²) in [6, 6.07) is 6.06. The van der Waals surface area contributed by atoms with Gasteiger partial charge in [-0.3, -0.25) is 14.7 Å². The molecule has 6 nitrogen and oxygen atoms in total. The summed E-state index contributed by atoms with van der Waals surface area (Å²) in [5.74, 6) is -0.590. The number of ketones is 1. The largest absolute Gasteiger partial charge is 0.495 e. The lowest BCUT2D eigenvalue weighted by Gasteiger charge is -2.35. The molecule has 150 valence electrons. The van der Waals surface area contributed by atoms with Crippen LogP contribution in [0.3, 0.4) is 0 Å². The van der Waals surface area contributed by atoms with E-state index in [0.717, 1.165) is 17.0 Å². The van der Waals surface area contributed by atoms with Crippen molar-refractivity contribution in [1.82, 2.24) is 4.98 Å². The minimum atomic E-state index is -4.58. The number of aromatic nitrogens is 1. The molecule has 0 radical (unpaired) electrons. The molecule has 1 amide bonds. The second-order valence-corrected chi connectivity index (χ2v) is 6.90. The van der Waals surface area contributed by atoms with Gasteiger partial charge in [0.15, 0.2) is 0 Å². The van der Waals surface area contributed by atoms with E-state index in [0.29, 0.717) is 6.20 Å². The molecule has 0 unspecified atom stereocenters. The van der Waals surface area contributed by atoms with Crippen LogP contribution in [-0.4, -0.2) is 34.6 Å². The van der Waals surface area contributed by atoms with Gasteiger partial charge in [-0.05, 0) is 45.0 Å². The van der Waals surface area contributed by atoms with E-state index in [9.17, 15) is 27.9 Å². The van der Waals surface area contributed by atoms with Crippen LogP contribution in [0.1, 0.15) is 42.4 Å². The monoisotopic (exact) mass is 396 g/mol. The van der Waals surface area contributed by atoms with Crippen LogP contribution in [0.5, 0.6) is 5.75 Å². The number of anilines is 1. The van der Waals surface area contributed by atoms with E-state index >= 15 is 0 Å². The number of carboxylic acid groups (broad SMARTS) is 1. The third-order valence-electron chi connectivity index (χ3n) is 3.87. The molecule has 0 aliphatic carbocycles. The predicted octanol–water partition coefficient (Wildman–Crippen LogP) is 4.62. The second-order valence-electron chi connectivity index (χ2n) is 6.90. The molecule has 0 aliphatic rings. The highest BCUT2D eigenvalue weighted by Crippen LogP contribution is 2.37. The number of hydrogen-bond acceptors (Lipinski definition) is 4. The Morgan fingerprint density at radius 1 is 1.11 bits per heavy atom. The first kappa shape index (κ1) is 21.2. The van der Waals surface area contributed by atoms with Crippen molar-refractivity contribution in [3.05, 3.63) is 53.3 Å². The van der Waals surface area contributed by atoms with Crippen LogP contribution < -0.4 is 9.64 Å². The average molecular weight is 396 g/mol. The Balaban J connectivity index is 2.63. The summed E-state index contributed by atoms with van der Waals surface area (Å²) in [5.41, 5.74) is -2.22. The number of benzene rings is 1. The SMILES string of the molecule is COc1cccc(C(=O)c2ccc(C(F)(F)F)cn2)c1N(C(=O)O)C(C)(C)C. The maximum Gasteiger partial charge on any atom is 0.417 e. The summed E-state index contributed by atoms with van der Waals surface area (Å²) in [7, 11) is 1.33. The van der Waals surface area contributed by atoms with E-state index in [4.69, 9.17) is 4.74 Å². The van der Waals surface area contributed by atoms with Crippen LogP contribution in [0.25, 0.3) is 0 Å². The molecule has 1 aromatic carbocycles. The maximum atomic E-state index is 12.9. The van der Waals surface area contributed by atoms with Gasteiger partial charge in [-0.2, -0.15) is 13.2 Å². The van der Waals surface area contributed by atoms with Gasteiger partial charge < -0.3 is 9.84 Å². The minimum absolute atomic E-state index is 0.00306. The molecule has 0 aliphatic heterocycles. The standard InChI is InChI=1S/C19H19F3N2O4/c1-18(2,3)24(17(26)27)15-12(6-5-7-14(15)28-4)16(25)13-9-8-11(10-23-13)19(20,21)22/h5-10H,1-4H3,(H,26,27). The molecule has 28 heavy (non-hydrogen) atoms. The first-order chi connectivity index (χ1) is 12.9. The summed E-state index contributed by atoms with van der Waals surface area (Å²) < 4.78 is 43.4. The van der Waals surface area contributed by atoms with Crippen LogP contribution in [0.4, 0.5) is 23.7 Å². The molecule has 1 aromatic heterocycles. The summed E-state index contributed by atoms with van der Waals surface area (Å²) in [6.45, 7) is 4.91. The van der Waals surface area contributed by atoms with Crippen molar-refractivity contribution in [1.29, 1.82) is 0 Å². The highest BCUT2D eigenvalue weighted by Gasteiger charge is 2.35. The molecule has 9 heteroatoms. The number of pyridine rings is 1. The number of carbonyl (C=O) groups is 2. The topological polar surface area (TPSA) is 79.7 Å². The number of alkyl halides is 3. The molecule has 1 heterocycles. The van der Waals surface area contributed by atoms with E-state index in [1.165, 1.54) is 25.3 Å². The van der Waals surface area contributed by atoms with Gasteiger partial charge in [-0.15, -0.1) is 0 Å². The molecule has 0 saturated carbocycles. The highest BCUT2D eigenvalue weighted by atomic mass is 19.4. The number of amides is 1. The Morgan fingerprint density at radius 3 is 2.18 bits per heavy atom. The smallest absolute Gasteiger partial charge is 0.417 e. The molecule has 1 N–H and O–H groups in total. The van der Waals surface area contributed by atoms with Gasteiger partial charge in [0.1, 0.15) is 17.1 Å². The fraction of sp³-hybridized carbons (Fsp3) is 0.316. The van der Waals surface area contributed by atoms with E-state index < -0.39 is 29.2 Å². The average Bonchev–Trinajstić information content (AvgIpc) is 2.59. The zero-order valence-corrected chi connectivity index (χ0v) is 15.7. The van der Waals surface area contributed by atoms with Crippen LogP contribution in [0.2, 0.25) is 0 Å². The molecule has 2 aromatic rings. The van der Waals surface area contributed by atoms with Crippen molar-refractivity contribution < 1.29 is 32.6 Å². The lowest BCUT2D eigenvalue weighted by molar-refractivity contribution is -0.137. The van der Waals surface area contributed by atoms with Crippen molar-refractivity contribution in [2.45, 2.75) is 32.5 Å². The van der Waals surface area contributed by atoms with Gasteiger partial charge in [0, 0.05) is 11.7 Å². The fourth-order valence-electron chi connectivity index (χ4n) is 2.65. The number of para-hydroxylation sites is 1. The van der Waals surface area contributed by atoms with Gasteiger partial charge >= 0.3 is 12.3 Å². The first-order valence-corrected chi connectivity index (χ1v) is 8.16.